The molecule has 3 fully saturated rings. The van der Waals surface area contributed by atoms with Gasteiger partial charge in [-0.1, -0.05) is 32.9 Å². The number of hydrogen-bond acceptors (Lipinski definition) is 18. The van der Waals surface area contributed by atoms with E-state index in [0.717, 1.165) is 0 Å². The number of nitrogens with zero attached hydrogens (tertiary/aromatic N) is 2. The number of hydrogen-bond donors (Lipinski definition) is 3. The minimum Gasteiger partial charge on any atom is -0.459 e. The van der Waals surface area contributed by atoms with Gasteiger partial charge in [-0.2, -0.15) is 0 Å². The van der Waals surface area contributed by atoms with Crippen molar-refractivity contribution in [2.75, 3.05) is 21.2 Å². The van der Waals surface area contributed by atoms with Crippen molar-refractivity contribution >= 4 is 29.6 Å². The van der Waals surface area contributed by atoms with Gasteiger partial charge in [0, 0.05) is 52.1 Å². The van der Waals surface area contributed by atoms with Crippen molar-refractivity contribution in [3.05, 3.63) is 0 Å². The minimum atomic E-state index is -2.04. The third kappa shape index (κ3) is 12.7. The highest BCUT2D eigenvalue weighted by molar-refractivity contribution is 5.89. The lowest BCUT2D eigenvalue weighted by Crippen LogP contribution is -2.62. The van der Waals surface area contributed by atoms with Crippen molar-refractivity contribution in [1.29, 1.82) is 0 Å². The summed E-state index contributed by atoms with van der Waals surface area (Å²) >= 11 is 0. The second-order valence-corrected chi connectivity index (χ2v) is 18.3. The van der Waals surface area contributed by atoms with E-state index in [1.807, 2.05) is 25.9 Å². The average Bonchev–Trinajstić information content (AvgIpc) is 3.15. The maximum Gasteiger partial charge on any atom is 0.331 e. The fourth-order valence-corrected chi connectivity index (χ4v) is 9.40. The van der Waals surface area contributed by atoms with Gasteiger partial charge in [0.1, 0.15) is 17.3 Å². The zero-order valence-electron chi connectivity index (χ0n) is 39.0. The third-order valence-electron chi connectivity index (χ3n) is 12.7. The molecule has 3 aliphatic heterocycles. The molecule has 3 N–H and O–H groups in total. The Morgan fingerprint density at radius 2 is 1.46 bits per heavy atom. The fourth-order valence-electron chi connectivity index (χ4n) is 9.40. The Morgan fingerprint density at radius 3 is 1.98 bits per heavy atom. The van der Waals surface area contributed by atoms with E-state index in [-0.39, 0.29) is 37.1 Å². The molecule has 61 heavy (non-hydrogen) atoms. The number of carbonyl (C=O) groups is 4. The molecule has 18 heteroatoms. The number of aliphatic hydroxyl groups is 3. The number of methoxy groups -OCH3 is 1. The van der Waals surface area contributed by atoms with Gasteiger partial charge in [0.25, 0.3) is 0 Å². The lowest BCUT2D eigenvalue weighted by Gasteiger charge is -2.49. The second-order valence-electron chi connectivity index (χ2n) is 18.3. The van der Waals surface area contributed by atoms with Gasteiger partial charge >= 0.3 is 23.9 Å². The van der Waals surface area contributed by atoms with Gasteiger partial charge in [-0.05, 0) is 74.9 Å². The van der Waals surface area contributed by atoms with Gasteiger partial charge in [-0.25, -0.2) is 4.79 Å². The molecule has 3 rings (SSSR count). The molecule has 0 aromatic heterocycles. The molecule has 0 bridgehead atoms. The summed E-state index contributed by atoms with van der Waals surface area (Å²) in [6.45, 7) is 20.3. The molecule has 0 aliphatic carbocycles. The van der Waals surface area contributed by atoms with E-state index in [0.29, 0.717) is 6.42 Å². The summed E-state index contributed by atoms with van der Waals surface area (Å²) in [6, 6.07) is -0.353. The zero-order valence-corrected chi connectivity index (χ0v) is 39.0. The van der Waals surface area contributed by atoms with Crippen LogP contribution in [0.3, 0.4) is 0 Å². The summed E-state index contributed by atoms with van der Waals surface area (Å²) in [5, 5.41) is 40.7. The second kappa shape index (κ2) is 21.2. The van der Waals surface area contributed by atoms with Crippen molar-refractivity contribution in [2.45, 2.75) is 200 Å². The van der Waals surface area contributed by atoms with Crippen LogP contribution < -0.4 is 0 Å². The van der Waals surface area contributed by atoms with E-state index in [2.05, 4.69) is 5.16 Å². The highest BCUT2D eigenvalue weighted by Gasteiger charge is 2.54. The number of likely N-dealkylation sites (N-methyl/N-ethyl adjacent to an activating group) is 1. The molecule has 0 saturated carbocycles. The number of aliphatic hydroxyl groups excluding tert-OH is 1. The summed E-state index contributed by atoms with van der Waals surface area (Å²) < 4.78 is 49.8. The normalized spacial score (nSPS) is 43.8. The summed E-state index contributed by atoms with van der Waals surface area (Å²) in [7, 11) is 5.18. The Labute approximate surface area is 361 Å². The fraction of sp³-hybridized carbons (Fsp3) is 0.884. The summed E-state index contributed by atoms with van der Waals surface area (Å²) in [5.74, 6) is -6.44. The molecular weight excluding hydrogens is 800 g/mol. The molecule has 3 heterocycles. The molecule has 18 nitrogen and oxygen atoms in total. The van der Waals surface area contributed by atoms with E-state index in [1.165, 1.54) is 41.7 Å². The summed E-state index contributed by atoms with van der Waals surface area (Å²) in [6.07, 6.45) is -9.96. The van der Waals surface area contributed by atoms with E-state index in [9.17, 15) is 34.5 Å². The van der Waals surface area contributed by atoms with Crippen LogP contribution in [0, 0.1) is 23.7 Å². The lowest BCUT2D eigenvalue weighted by atomic mass is 9.73. The SMILES string of the molecule is CC[C@H]1OC(=O)[C@H](C)[C@@H](O[C@H]2C[C@@](C)(OC)[C@@H](OC(C)=O)[C@H](C)O2)[C@H](C)[C@@H](O[C@@H]2O[C@H](C)C[C@H](N(C)C)[C@H]2OC(C)=O)[C@](C)(O)C[C@@H](C)/C(=N\OC(C)=O)[C@H](C)[C@@H](O)[C@]1(C)O. The van der Waals surface area contributed by atoms with Gasteiger partial charge in [0.2, 0.25) is 0 Å². The standard InChI is InChI=1S/C43H74N2O16/c1-17-31-43(13,52)36(49)23(4)33(44-61-29(10)48)21(2)19-41(11,51)37(60-40-35(56-27(8)46)30(45(14)15)18-22(3)54-40)24(5)34(25(6)39(50)58-31)59-32-20-42(12,53-16)38(26(7)55-32)57-28(9)47/h21-26,30-32,34-38,40,49,51-52H,17-20H2,1-16H3/b44-33+/t21-,22-,23+,24+,25-,26+,30+,31-,32+,34+,35-,36-,37-,38+,40+,41-,42-,43-/m1/s1. The van der Waals surface area contributed by atoms with Crippen LogP contribution in [-0.2, 0) is 61.9 Å². The first-order chi connectivity index (χ1) is 28.1. The predicted molar refractivity (Wildman–Crippen MR) is 220 cm³/mol. The molecule has 0 radical (unpaired) electrons. The first-order valence-corrected chi connectivity index (χ1v) is 21.4. The van der Waals surface area contributed by atoms with Crippen LogP contribution in [0.25, 0.3) is 0 Å². The van der Waals surface area contributed by atoms with Crippen molar-refractivity contribution in [2.24, 2.45) is 28.8 Å². The summed E-state index contributed by atoms with van der Waals surface area (Å²) in [5.41, 5.74) is -4.88. The highest BCUT2D eigenvalue weighted by Crippen LogP contribution is 2.42. The molecule has 18 atom stereocenters. The van der Waals surface area contributed by atoms with Crippen LogP contribution in [-0.4, -0.2) is 155 Å². The van der Waals surface area contributed by atoms with Crippen LogP contribution in [0.2, 0.25) is 0 Å². The van der Waals surface area contributed by atoms with Gasteiger partial charge in [-0.3, -0.25) is 14.4 Å². The Bertz CT molecular complexity index is 1540. The molecule has 0 unspecified atom stereocenters. The van der Waals surface area contributed by atoms with E-state index < -0.39 is 120 Å². The van der Waals surface area contributed by atoms with E-state index in [1.54, 1.807) is 48.5 Å². The third-order valence-corrected chi connectivity index (χ3v) is 12.7. The zero-order chi connectivity index (χ0) is 46.5. The van der Waals surface area contributed by atoms with Crippen LogP contribution in [0.1, 0.15) is 116 Å². The van der Waals surface area contributed by atoms with Crippen LogP contribution in [0.15, 0.2) is 5.16 Å². The van der Waals surface area contributed by atoms with Crippen molar-refractivity contribution < 1.29 is 77.2 Å². The van der Waals surface area contributed by atoms with Gasteiger partial charge in [-0.15, -0.1) is 0 Å². The van der Waals surface area contributed by atoms with E-state index in [4.69, 9.17) is 42.7 Å². The number of oxime groups is 1. The minimum absolute atomic E-state index is 0.0460. The molecule has 0 amide bonds. The van der Waals surface area contributed by atoms with Gasteiger partial charge < -0.3 is 63.0 Å². The highest BCUT2D eigenvalue weighted by atomic mass is 16.7. The number of cyclic esters (lactones) is 1. The molecule has 352 valence electrons. The molecule has 0 spiro atoms. The molecule has 0 aromatic rings. The van der Waals surface area contributed by atoms with Gasteiger partial charge in [0.05, 0.1) is 53.8 Å². The smallest absolute Gasteiger partial charge is 0.331 e. The van der Waals surface area contributed by atoms with Crippen LogP contribution >= 0.6 is 0 Å². The predicted octanol–water partition coefficient (Wildman–Crippen LogP) is 3.28. The summed E-state index contributed by atoms with van der Waals surface area (Å²) in [4.78, 5) is 58.2. The first kappa shape index (κ1) is 52.5. The topological polar surface area (TPSA) is 228 Å². The largest absolute Gasteiger partial charge is 0.459 e. The molecule has 0 aromatic carbocycles. The van der Waals surface area contributed by atoms with Crippen LogP contribution in [0.5, 0.6) is 0 Å². The molecule has 3 saturated heterocycles. The maximum atomic E-state index is 14.4. The van der Waals surface area contributed by atoms with Crippen molar-refractivity contribution in [3.8, 4) is 0 Å². The number of carbonyl (C=O) groups excluding carboxylic acids is 4. The Hall–Kier alpha value is -2.81. The molecular formula is C43H74N2O16. The lowest BCUT2D eigenvalue weighted by molar-refractivity contribution is -0.319. The Kier molecular flexibility index (Phi) is 18.3. The number of ether oxygens (including phenoxy) is 8. The average molecular weight is 875 g/mol. The van der Waals surface area contributed by atoms with E-state index >= 15 is 0 Å². The first-order valence-electron chi connectivity index (χ1n) is 21.4. The quantitative estimate of drug-likeness (QED) is 0.124. The van der Waals surface area contributed by atoms with Gasteiger partial charge in [0.15, 0.2) is 24.8 Å². The Balaban J connectivity index is 2.31. The van der Waals surface area contributed by atoms with Crippen molar-refractivity contribution in [3.63, 3.8) is 0 Å². The monoisotopic (exact) mass is 875 g/mol. The van der Waals surface area contributed by atoms with Crippen molar-refractivity contribution in [1.82, 2.24) is 4.90 Å². The number of rotatable bonds is 10. The van der Waals surface area contributed by atoms with Crippen LogP contribution in [0.4, 0.5) is 0 Å². The Morgan fingerprint density at radius 1 is 0.852 bits per heavy atom. The number of esters is 3. The maximum absolute atomic E-state index is 14.4. The molecule has 3 aliphatic rings.